The Kier molecular flexibility index (Phi) is 7.73. The third kappa shape index (κ3) is 5.53. The molecule has 2 aromatic carbocycles. The Labute approximate surface area is 195 Å². The molecule has 0 aliphatic rings. The first kappa shape index (κ1) is 23.9. The van der Waals surface area contributed by atoms with E-state index in [9.17, 15) is 9.59 Å². The molecule has 3 rings (SSSR count). The molecule has 0 saturated heterocycles. The molecule has 1 aromatic heterocycles. The number of nitrogens with zero attached hydrogens (tertiary/aromatic N) is 2. The van der Waals surface area contributed by atoms with Gasteiger partial charge < -0.3 is 29.2 Å². The number of methoxy groups -OCH3 is 3. The molecular formula is C23H25N3O6S. The second-order valence-corrected chi connectivity index (χ2v) is 7.76. The summed E-state index contributed by atoms with van der Waals surface area (Å²) in [6.07, 6.45) is 0. The molecule has 1 N–H and O–H groups in total. The van der Waals surface area contributed by atoms with Gasteiger partial charge in [-0.2, -0.15) is 0 Å². The lowest BCUT2D eigenvalue weighted by molar-refractivity contribution is 0.0828. The van der Waals surface area contributed by atoms with Crippen LogP contribution >= 0.6 is 11.3 Å². The van der Waals surface area contributed by atoms with E-state index in [1.54, 1.807) is 43.9 Å². The van der Waals surface area contributed by atoms with E-state index in [4.69, 9.17) is 18.9 Å². The average molecular weight is 472 g/mol. The lowest BCUT2D eigenvalue weighted by Gasteiger charge is -2.18. The van der Waals surface area contributed by atoms with Crippen molar-refractivity contribution in [1.29, 1.82) is 0 Å². The molecule has 10 heteroatoms. The van der Waals surface area contributed by atoms with Crippen molar-refractivity contribution in [3.63, 3.8) is 0 Å². The molecule has 0 atom stereocenters. The quantitative estimate of drug-likeness (QED) is 0.508. The van der Waals surface area contributed by atoms with E-state index in [2.05, 4.69) is 10.3 Å². The number of carbonyl (C=O) groups is 2. The standard InChI is InChI=1S/C23H25N3O6S/c1-26(2)23(28)16-9-20(30-4)21(31-5)10-17(16)25-22(27)14-6-7-18(19(8-14)29-3)32-11-15-12-33-13-24-15/h6-10,12-13H,11H2,1-5H3,(H,25,27). The van der Waals surface area contributed by atoms with Gasteiger partial charge in [0, 0.05) is 31.1 Å². The van der Waals surface area contributed by atoms with Crippen LogP contribution in [0.2, 0.25) is 0 Å². The highest BCUT2D eigenvalue weighted by Gasteiger charge is 2.21. The smallest absolute Gasteiger partial charge is 0.255 e. The minimum Gasteiger partial charge on any atom is -0.493 e. The predicted molar refractivity (Wildman–Crippen MR) is 125 cm³/mol. The number of hydrogen-bond acceptors (Lipinski definition) is 8. The molecule has 174 valence electrons. The van der Waals surface area contributed by atoms with Crippen molar-refractivity contribution in [1.82, 2.24) is 9.88 Å². The van der Waals surface area contributed by atoms with Crippen LogP contribution in [0.25, 0.3) is 0 Å². The van der Waals surface area contributed by atoms with Gasteiger partial charge in [0.25, 0.3) is 11.8 Å². The first-order chi connectivity index (χ1) is 15.9. The van der Waals surface area contributed by atoms with Gasteiger partial charge in [-0.1, -0.05) is 0 Å². The zero-order chi connectivity index (χ0) is 24.0. The van der Waals surface area contributed by atoms with Crippen molar-refractivity contribution in [2.45, 2.75) is 6.61 Å². The number of amides is 2. The van der Waals surface area contributed by atoms with Gasteiger partial charge >= 0.3 is 0 Å². The number of aromatic nitrogens is 1. The molecule has 33 heavy (non-hydrogen) atoms. The maximum atomic E-state index is 13.0. The molecule has 0 spiro atoms. The normalized spacial score (nSPS) is 10.3. The fourth-order valence-electron chi connectivity index (χ4n) is 2.98. The van der Waals surface area contributed by atoms with Crippen molar-refractivity contribution >= 4 is 28.8 Å². The van der Waals surface area contributed by atoms with Crippen LogP contribution in [0.5, 0.6) is 23.0 Å². The van der Waals surface area contributed by atoms with Gasteiger partial charge in [0.2, 0.25) is 0 Å². The van der Waals surface area contributed by atoms with Gasteiger partial charge in [0.1, 0.15) is 6.61 Å². The van der Waals surface area contributed by atoms with Crippen molar-refractivity contribution in [3.8, 4) is 23.0 Å². The molecule has 9 nitrogen and oxygen atoms in total. The van der Waals surface area contributed by atoms with Crippen LogP contribution in [0.1, 0.15) is 26.4 Å². The molecule has 0 bridgehead atoms. The lowest BCUT2D eigenvalue weighted by atomic mass is 10.1. The topological polar surface area (TPSA) is 99.2 Å². The number of thiazole rings is 1. The average Bonchev–Trinajstić information content (AvgIpc) is 3.35. The van der Waals surface area contributed by atoms with E-state index in [1.807, 2.05) is 5.38 Å². The zero-order valence-electron chi connectivity index (χ0n) is 19.0. The lowest BCUT2D eigenvalue weighted by Crippen LogP contribution is -2.24. The van der Waals surface area contributed by atoms with Gasteiger partial charge in [0.05, 0.1) is 43.8 Å². The number of nitrogens with one attached hydrogen (secondary N) is 1. The maximum Gasteiger partial charge on any atom is 0.255 e. The SMILES string of the molecule is COc1cc(NC(=O)c2ccc(OCc3cscn3)c(OC)c2)c(C(=O)N(C)C)cc1OC. The Morgan fingerprint density at radius 3 is 2.24 bits per heavy atom. The van der Waals surface area contributed by atoms with E-state index < -0.39 is 5.91 Å². The van der Waals surface area contributed by atoms with Crippen LogP contribution in [-0.4, -0.2) is 57.1 Å². The summed E-state index contributed by atoms with van der Waals surface area (Å²) in [6, 6.07) is 7.92. The number of ether oxygens (including phenoxy) is 4. The third-order valence-electron chi connectivity index (χ3n) is 4.69. The summed E-state index contributed by atoms with van der Waals surface area (Å²) in [5.74, 6) is 0.913. The van der Waals surface area contributed by atoms with Crippen molar-refractivity contribution in [2.24, 2.45) is 0 Å². The molecule has 2 amide bonds. The highest BCUT2D eigenvalue weighted by molar-refractivity contribution is 7.07. The number of rotatable bonds is 9. The van der Waals surface area contributed by atoms with Crippen LogP contribution in [0, 0.1) is 0 Å². The number of anilines is 1. The minimum absolute atomic E-state index is 0.265. The summed E-state index contributed by atoms with van der Waals surface area (Å²) in [5.41, 5.74) is 3.41. The fourth-order valence-corrected chi connectivity index (χ4v) is 3.53. The van der Waals surface area contributed by atoms with E-state index >= 15 is 0 Å². The van der Waals surface area contributed by atoms with Crippen LogP contribution in [0.4, 0.5) is 5.69 Å². The van der Waals surface area contributed by atoms with Crippen LogP contribution < -0.4 is 24.3 Å². The Morgan fingerprint density at radius 1 is 0.970 bits per heavy atom. The Morgan fingerprint density at radius 2 is 1.64 bits per heavy atom. The largest absolute Gasteiger partial charge is 0.493 e. The van der Waals surface area contributed by atoms with E-state index in [0.717, 1.165) is 5.69 Å². The molecule has 0 unspecified atom stereocenters. The molecule has 0 aliphatic heterocycles. The van der Waals surface area contributed by atoms with Crippen molar-refractivity contribution in [3.05, 3.63) is 58.0 Å². The van der Waals surface area contributed by atoms with Crippen LogP contribution in [0.15, 0.2) is 41.2 Å². The highest BCUT2D eigenvalue weighted by atomic mass is 32.1. The highest BCUT2D eigenvalue weighted by Crippen LogP contribution is 2.35. The monoisotopic (exact) mass is 471 g/mol. The molecule has 3 aromatic rings. The Bertz CT molecular complexity index is 1130. The van der Waals surface area contributed by atoms with Gasteiger partial charge in [-0.05, 0) is 24.3 Å². The van der Waals surface area contributed by atoms with E-state index in [-0.39, 0.29) is 18.1 Å². The second kappa shape index (κ2) is 10.7. The summed E-state index contributed by atoms with van der Waals surface area (Å²) in [5, 5.41) is 4.68. The van der Waals surface area contributed by atoms with Gasteiger partial charge in [-0.25, -0.2) is 4.98 Å². The summed E-state index contributed by atoms with van der Waals surface area (Å²) in [4.78, 5) is 31.3. The predicted octanol–water partition coefficient (Wildman–Crippen LogP) is 3.70. The zero-order valence-corrected chi connectivity index (χ0v) is 19.8. The number of carbonyl (C=O) groups excluding carboxylic acids is 2. The molecule has 0 fully saturated rings. The molecule has 0 saturated carbocycles. The van der Waals surface area contributed by atoms with Crippen molar-refractivity contribution in [2.75, 3.05) is 40.7 Å². The van der Waals surface area contributed by atoms with E-state index in [0.29, 0.717) is 34.2 Å². The van der Waals surface area contributed by atoms with Gasteiger partial charge in [0.15, 0.2) is 23.0 Å². The van der Waals surface area contributed by atoms with Gasteiger partial charge in [-0.3, -0.25) is 9.59 Å². The second-order valence-electron chi connectivity index (χ2n) is 7.04. The minimum atomic E-state index is -0.431. The fraction of sp³-hybridized carbons (Fsp3) is 0.261. The Hall–Kier alpha value is -3.79. The molecule has 1 heterocycles. The van der Waals surface area contributed by atoms with Crippen LogP contribution in [-0.2, 0) is 6.61 Å². The molecular weight excluding hydrogens is 446 g/mol. The van der Waals surface area contributed by atoms with Crippen molar-refractivity contribution < 1.29 is 28.5 Å². The summed E-state index contributed by atoms with van der Waals surface area (Å²) < 4.78 is 21.8. The van der Waals surface area contributed by atoms with E-state index in [1.165, 1.54) is 43.6 Å². The Balaban J connectivity index is 1.87. The summed E-state index contributed by atoms with van der Waals surface area (Å²) >= 11 is 1.48. The first-order valence-corrected chi connectivity index (χ1v) is 10.8. The molecule has 0 radical (unpaired) electrons. The number of benzene rings is 2. The first-order valence-electron chi connectivity index (χ1n) is 9.84. The third-order valence-corrected chi connectivity index (χ3v) is 5.33. The number of hydrogen-bond donors (Lipinski definition) is 1. The maximum absolute atomic E-state index is 13.0. The summed E-state index contributed by atoms with van der Waals surface area (Å²) in [7, 11) is 7.70. The van der Waals surface area contributed by atoms with Gasteiger partial charge in [-0.15, -0.1) is 11.3 Å². The summed E-state index contributed by atoms with van der Waals surface area (Å²) in [6.45, 7) is 0.285. The molecule has 0 aliphatic carbocycles. The van der Waals surface area contributed by atoms with Crippen LogP contribution in [0.3, 0.4) is 0 Å².